The Hall–Kier alpha value is -2.57. The highest BCUT2D eigenvalue weighted by atomic mass is 16.5. The van der Waals surface area contributed by atoms with Crippen molar-refractivity contribution in [2.24, 2.45) is 5.92 Å². The van der Waals surface area contributed by atoms with Crippen LogP contribution in [0.15, 0.2) is 24.3 Å². The molecule has 136 valence electrons. The van der Waals surface area contributed by atoms with E-state index in [0.717, 1.165) is 19.3 Å². The molecule has 0 spiro atoms. The summed E-state index contributed by atoms with van der Waals surface area (Å²) in [7, 11) is 0. The molecule has 25 heavy (non-hydrogen) atoms. The zero-order chi connectivity index (χ0) is 18.2. The lowest BCUT2D eigenvalue weighted by Gasteiger charge is -2.29. The predicted octanol–water partition coefficient (Wildman–Crippen LogP) is 2.43. The maximum atomic E-state index is 11.9. The van der Waals surface area contributed by atoms with Gasteiger partial charge in [-0.2, -0.15) is 0 Å². The second-order valence-electron chi connectivity index (χ2n) is 6.38. The Balaban J connectivity index is 1.72. The molecule has 0 heterocycles. The summed E-state index contributed by atoms with van der Waals surface area (Å²) in [5.74, 6) is 0.233. The highest BCUT2D eigenvalue weighted by Gasteiger charge is 2.23. The summed E-state index contributed by atoms with van der Waals surface area (Å²) in [4.78, 5) is 34.6. The van der Waals surface area contributed by atoms with Crippen LogP contribution in [0, 0.1) is 5.92 Å². The Morgan fingerprint density at radius 1 is 1.12 bits per heavy atom. The quantitative estimate of drug-likeness (QED) is 0.762. The van der Waals surface area contributed by atoms with E-state index in [-0.39, 0.29) is 18.6 Å². The van der Waals surface area contributed by atoms with Gasteiger partial charge in [-0.05, 0) is 43.0 Å². The number of hydrogen-bond donors (Lipinski definition) is 3. The van der Waals surface area contributed by atoms with Crippen molar-refractivity contribution >= 4 is 23.5 Å². The Bertz CT molecular complexity index is 615. The van der Waals surface area contributed by atoms with Gasteiger partial charge in [-0.1, -0.05) is 19.8 Å². The minimum atomic E-state index is -0.507. The lowest BCUT2D eigenvalue weighted by molar-refractivity contribution is -0.122. The molecule has 0 saturated heterocycles. The Morgan fingerprint density at radius 2 is 1.80 bits per heavy atom. The molecule has 7 nitrogen and oxygen atoms in total. The van der Waals surface area contributed by atoms with Crippen molar-refractivity contribution in [3.63, 3.8) is 0 Å². The lowest BCUT2D eigenvalue weighted by atomic mass is 9.86. The third-order valence-corrected chi connectivity index (χ3v) is 4.23. The van der Waals surface area contributed by atoms with Crippen LogP contribution in [0.1, 0.15) is 39.5 Å². The molecular weight excluding hydrogens is 322 g/mol. The molecule has 0 aromatic heterocycles. The first-order chi connectivity index (χ1) is 11.9. The first kappa shape index (κ1) is 18.8. The van der Waals surface area contributed by atoms with Gasteiger partial charge in [0.1, 0.15) is 5.75 Å². The van der Waals surface area contributed by atoms with Crippen LogP contribution >= 0.6 is 0 Å². The third-order valence-electron chi connectivity index (χ3n) is 4.23. The Kier molecular flexibility index (Phi) is 6.80. The Labute approximate surface area is 147 Å². The zero-order valence-corrected chi connectivity index (χ0v) is 14.6. The molecule has 1 aromatic rings. The van der Waals surface area contributed by atoms with Crippen LogP contribution in [0.2, 0.25) is 0 Å². The summed E-state index contributed by atoms with van der Waals surface area (Å²) >= 11 is 0. The van der Waals surface area contributed by atoms with Crippen LogP contribution in [0.3, 0.4) is 0 Å². The molecule has 1 fully saturated rings. The van der Waals surface area contributed by atoms with Gasteiger partial charge in [0, 0.05) is 18.7 Å². The normalized spacial score (nSPS) is 19.6. The van der Waals surface area contributed by atoms with Crippen LogP contribution < -0.4 is 20.7 Å². The summed E-state index contributed by atoms with van der Waals surface area (Å²) in [6.45, 7) is 3.28. The van der Waals surface area contributed by atoms with E-state index in [9.17, 15) is 14.4 Å². The van der Waals surface area contributed by atoms with E-state index in [1.54, 1.807) is 24.3 Å². The standard InChI is InChI=1S/C18H25N3O4/c1-12-5-3-4-6-16(12)20-18(24)21-17(23)11-25-15-9-7-14(8-10-15)19-13(2)22/h7-10,12,16H,3-6,11H2,1-2H3,(H,19,22)(H2,20,21,23,24)/t12-,16+/m0/s1. The fourth-order valence-corrected chi connectivity index (χ4v) is 2.88. The van der Waals surface area contributed by atoms with Crippen LogP contribution in [0.4, 0.5) is 10.5 Å². The monoisotopic (exact) mass is 347 g/mol. The smallest absolute Gasteiger partial charge is 0.321 e. The average Bonchev–Trinajstić information content (AvgIpc) is 2.56. The van der Waals surface area contributed by atoms with Gasteiger partial charge in [-0.25, -0.2) is 4.79 Å². The lowest BCUT2D eigenvalue weighted by Crippen LogP contribution is -2.48. The number of hydrogen-bond acceptors (Lipinski definition) is 4. The zero-order valence-electron chi connectivity index (χ0n) is 14.6. The van der Waals surface area contributed by atoms with Crippen molar-refractivity contribution in [1.29, 1.82) is 0 Å². The molecule has 0 bridgehead atoms. The number of nitrogens with one attached hydrogen (secondary N) is 3. The topological polar surface area (TPSA) is 96.5 Å². The highest BCUT2D eigenvalue weighted by molar-refractivity contribution is 5.95. The SMILES string of the molecule is CC(=O)Nc1ccc(OCC(=O)NC(=O)N[C@@H]2CCCC[C@@H]2C)cc1. The molecule has 2 atom stereocenters. The minimum Gasteiger partial charge on any atom is -0.484 e. The Morgan fingerprint density at radius 3 is 2.44 bits per heavy atom. The molecule has 1 aliphatic rings. The molecule has 3 N–H and O–H groups in total. The first-order valence-electron chi connectivity index (χ1n) is 8.55. The van der Waals surface area contributed by atoms with Crippen LogP contribution in [-0.4, -0.2) is 30.5 Å². The second-order valence-corrected chi connectivity index (χ2v) is 6.38. The highest BCUT2D eigenvalue weighted by Crippen LogP contribution is 2.23. The summed E-state index contributed by atoms with van der Waals surface area (Å²) in [6.07, 6.45) is 4.33. The van der Waals surface area contributed by atoms with E-state index >= 15 is 0 Å². The van der Waals surface area contributed by atoms with Gasteiger partial charge in [0.05, 0.1) is 0 Å². The molecule has 7 heteroatoms. The summed E-state index contributed by atoms with van der Waals surface area (Å²) < 4.78 is 5.34. The number of amides is 4. The molecule has 0 unspecified atom stereocenters. The molecular formula is C18H25N3O4. The predicted molar refractivity (Wildman–Crippen MR) is 94.3 cm³/mol. The van der Waals surface area contributed by atoms with Crippen LogP contribution in [0.25, 0.3) is 0 Å². The van der Waals surface area contributed by atoms with Crippen molar-refractivity contribution in [2.75, 3.05) is 11.9 Å². The van der Waals surface area contributed by atoms with Crippen LogP contribution in [0.5, 0.6) is 5.75 Å². The molecule has 0 aliphatic heterocycles. The number of imide groups is 1. The number of carbonyl (C=O) groups excluding carboxylic acids is 3. The largest absolute Gasteiger partial charge is 0.484 e. The summed E-state index contributed by atoms with van der Waals surface area (Å²) in [5.41, 5.74) is 0.644. The van der Waals surface area contributed by atoms with E-state index in [0.29, 0.717) is 17.4 Å². The van der Waals surface area contributed by atoms with Crippen molar-refractivity contribution in [3.05, 3.63) is 24.3 Å². The third kappa shape index (κ3) is 6.45. The van der Waals surface area contributed by atoms with Crippen molar-refractivity contribution in [3.8, 4) is 5.75 Å². The second kappa shape index (κ2) is 9.05. The fourth-order valence-electron chi connectivity index (χ4n) is 2.88. The molecule has 4 amide bonds. The maximum absolute atomic E-state index is 11.9. The van der Waals surface area contributed by atoms with E-state index in [1.807, 2.05) is 0 Å². The van der Waals surface area contributed by atoms with Crippen molar-refractivity contribution in [1.82, 2.24) is 10.6 Å². The molecule has 1 aromatic carbocycles. The molecule has 2 rings (SSSR count). The number of ether oxygens (including phenoxy) is 1. The number of rotatable bonds is 5. The van der Waals surface area contributed by atoms with Gasteiger partial charge in [-0.3, -0.25) is 14.9 Å². The molecule has 1 saturated carbocycles. The van der Waals surface area contributed by atoms with Crippen molar-refractivity contribution < 1.29 is 19.1 Å². The summed E-state index contributed by atoms with van der Waals surface area (Å²) in [6, 6.07) is 6.26. The van der Waals surface area contributed by atoms with Gasteiger partial charge in [0.25, 0.3) is 5.91 Å². The van der Waals surface area contributed by atoms with Crippen LogP contribution in [-0.2, 0) is 9.59 Å². The summed E-state index contributed by atoms with van der Waals surface area (Å²) in [5, 5.41) is 7.78. The van der Waals surface area contributed by atoms with Gasteiger partial charge in [0.15, 0.2) is 6.61 Å². The number of benzene rings is 1. The van der Waals surface area contributed by atoms with Gasteiger partial charge in [0.2, 0.25) is 5.91 Å². The van der Waals surface area contributed by atoms with Gasteiger partial charge < -0.3 is 15.4 Å². The minimum absolute atomic E-state index is 0.115. The number of anilines is 1. The first-order valence-corrected chi connectivity index (χ1v) is 8.55. The number of urea groups is 1. The van der Waals surface area contributed by atoms with Crippen molar-refractivity contribution in [2.45, 2.75) is 45.6 Å². The van der Waals surface area contributed by atoms with E-state index in [2.05, 4.69) is 22.9 Å². The van der Waals surface area contributed by atoms with E-state index in [4.69, 9.17) is 4.74 Å². The fraction of sp³-hybridized carbons (Fsp3) is 0.500. The van der Waals surface area contributed by atoms with Gasteiger partial charge in [-0.15, -0.1) is 0 Å². The average molecular weight is 347 g/mol. The van der Waals surface area contributed by atoms with E-state index < -0.39 is 11.9 Å². The van der Waals surface area contributed by atoms with E-state index in [1.165, 1.54) is 13.3 Å². The van der Waals surface area contributed by atoms with Gasteiger partial charge >= 0.3 is 6.03 Å². The maximum Gasteiger partial charge on any atom is 0.321 e. The molecule has 1 aliphatic carbocycles. The molecule has 0 radical (unpaired) electrons. The number of carbonyl (C=O) groups is 3.